The van der Waals surface area contributed by atoms with Crippen LogP contribution in [0.4, 0.5) is 0 Å². The monoisotopic (exact) mass is 218 g/mol. The maximum Gasteiger partial charge on any atom is 0.126 e. The Kier molecular flexibility index (Phi) is 1.62. The molecule has 0 aliphatic rings. The van der Waals surface area contributed by atoms with Crippen LogP contribution >= 0.6 is 11.3 Å². The van der Waals surface area contributed by atoms with E-state index >= 15 is 0 Å². The fourth-order valence-corrected chi connectivity index (χ4v) is 2.64. The highest BCUT2D eigenvalue weighted by molar-refractivity contribution is 7.59. The van der Waals surface area contributed by atoms with Crippen LogP contribution in [0.25, 0.3) is 20.4 Å². The normalized spacial score (nSPS) is 11.1. The molecule has 5 heteroatoms. The molecule has 14 heavy (non-hydrogen) atoms. The molecular formula is C9H4N3S2-. The van der Waals surface area contributed by atoms with Crippen molar-refractivity contribution in [1.29, 1.82) is 0 Å². The maximum absolute atomic E-state index is 5.13. The van der Waals surface area contributed by atoms with E-state index in [-0.39, 0.29) is 0 Å². The van der Waals surface area contributed by atoms with Crippen molar-refractivity contribution in [3.8, 4) is 0 Å². The first-order valence-corrected chi connectivity index (χ1v) is 5.24. The Labute approximate surface area is 89.2 Å². The van der Waals surface area contributed by atoms with E-state index in [1.54, 1.807) is 17.5 Å². The topological polar surface area (TPSA) is 38.7 Å². The van der Waals surface area contributed by atoms with Crippen LogP contribution < -0.4 is 0 Å². The second kappa shape index (κ2) is 2.83. The first kappa shape index (κ1) is 8.02. The lowest BCUT2D eigenvalue weighted by Gasteiger charge is -2.02. The second-order valence-electron chi connectivity index (χ2n) is 2.81. The van der Waals surface area contributed by atoms with Gasteiger partial charge in [0.2, 0.25) is 0 Å². The molecule has 68 valence electrons. The number of nitrogens with zero attached hydrogens (tertiary/aromatic N) is 3. The van der Waals surface area contributed by atoms with Crippen molar-refractivity contribution in [3.05, 3.63) is 24.7 Å². The minimum atomic E-state index is 0.609. The van der Waals surface area contributed by atoms with Gasteiger partial charge in [-0.2, -0.15) is 0 Å². The van der Waals surface area contributed by atoms with Gasteiger partial charge in [-0.15, -0.1) is 11.3 Å². The van der Waals surface area contributed by atoms with Crippen LogP contribution in [0.5, 0.6) is 0 Å². The third-order valence-corrected chi connectivity index (χ3v) is 3.54. The maximum atomic E-state index is 5.13. The van der Waals surface area contributed by atoms with Gasteiger partial charge in [0, 0.05) is 11.6 Å². The predicted octanol–water partition coefficient (Wildman–Crippen LogP) is 2.15. The van der Waals surface area contributed by atoms with Crippen LogP contribution in [-0.2, 0) is 12.6 Å². The Morgan fingerprint density at radius 2 is 2.14 bits per heavy atom. The average molecular weight is 218 g/mol. The zero-order chi connectivity index (χ0) is 9.54. The molecule has 0 radical (unpaired) electrons. The molecule has 3 aromatic rings. The van der Waals surface area contributed by atoms with Gasteiger partial charge in [0.15, 0.2) is 0 Å². The molecule has 0 unspecified atom stereocenters. The van der Waals surface area contributed by atoms with E-state index in [0.29, 0.717) is 5.03 Å². The molecule has 0 aromatic carbocycles. The Morgan fingerprint density at radius 3 is 3.07 bits per heavy atom. The summed E-state index contributed by atoms with van der Waals surface area (Å²) in [5.41, 5.74) is 0.915. The highest BCUT2D eigenvalue weighted by Gasteiger charge is 2.05. The Morgan fingerprint density at radius 1 is 1.21 bits per heavy atom. The minimum absolute atomic E-state index is 0.609. The summed E-state index contributed by atoms with van der Waals surface area (Å²) in [7, 11) is 0. The van der Waals surface area contributed by atoms with E-state index in [4.69, 9.17) is 12.6 Å². The number of rotatable bonds is 0. The van der Waals surface area contributed by atoms with Crippen molar-refractivity contribution in [3.63, 3.8) is 0 Å². The highest BCUT2D eigenvalue weighted by atomic mass is 32.1. The van der Waals surface area contributed by atoms with E-state index < -0.39 is 0 Å². The SMILES string of the molecule is [S-]c1ncnc2c1sc1ncccc12. The molecule has 3 rings (SSSR count). The fraction of sp³-hybridized carbons (Fsp3) is 0. The van der Waals surface area contributed by atoms with Crippen LogP contribution in [0.2, 0.25) is 0 Å². The molecule has 0 atom stereocenters. The Hall–Kier alpha value is -1.33. The summed E-state index contributed by atoms with van der Waals surface area (Å²) in [4.78, 5) is 13.4. The number of hydrogen-bond donors (Lipinski definition) is 0. The predicted molar refractivity (Wildman–Crippen MR) is 58.3 cm³/mol. The Bertz CT molecular complexity index is 618. The highest BCUT2D eigenvalue weighted by Crippen LogP contribution is 2.31. The first-order valence-electron chi connectivity index (χ1n) is 4.01. The van der Waals surface area contributed by atoms with Gasteiger partial charge >= 0.3 is 0 Å². The molecule has 0 saturated heterocycles. The number of fused-ring (bicyclic) bond motifs is 3. The van der Waals surface area contributed by atoms with Crippen LogP contribution in [0.15, 0.2) is 29.7 Å². The van der Waals surface area contributed by atoms with Gasteiger partial charge in [0.1, 0.15) is 11.2 Å². The molecule has 0 aliphatic carbocycles. The summed E-state index contributed by atoms with van der Waals surface area (Å²) in [6, 6.07) is 3.91. The van der Waals surface area contributed by atoms with Gasteiger partial charge in [-0.05, 0) is 12.1 Å². The number of hydrogen-bond acceptors (Lipinski definition) is 5. The number of thiophene rings is 1. The van der Waals surface area contributed by atoms with E-state index in [9.17, 15) is 0 Å². The smallest absolute Gasteiger partial charge is 0.126 e. The van der Waals surface area contributed by atoms with Crippen LogP contribution in [0.3, 0.4) is 0 Å². The van der Waals surface area contributed by atoms with Crippen molar-refractivity contribution in [2.24, 2.45) is 0 Å². The summed E-state index contributed by atoms with van der Waals surface area (Å²) in [5, 5.41) is 1.67. The molecule has 0 spiro atoms. The van der Waals surface area contributed by atoms with E-state index in [1.165, 1.54) is 6.33 Å². The van der Waals surface area contributed by atoms with Gasteiger partial charge in [-0.25, -0.2) is 9.97 Å². The van der Waals surface area contributed by atoms with Crippen molar-refractivity contribution >= 4 is 44.4 Å². The molecular weight excluding hydrogens is 214 g/mol. The largest absolute Gasteiger partial charge is 0.759 e. The molecule has 0 saturated carbocycles. The summed E-state index contributed by atoms with van der Waals surface area (Å²) in [6.45, 7) is 0. The summed E-state index contributed by atoms with van der Waals surface area (Å²) in [6.07, 6.45) is 3.28. The van der Waals surface area contributed by atoms with Crippen molar-refractivity contribution in [2.45, 2.75) is 5.03 Å². The van der Waals surface area contributed by atoms with Crippen molar-refractivity contribution < 1.29 is 0 Å². The summed E-state index contributed by atoms with van der Waals surface area (Å²) >= 11 is 6.67. The van der Waals surface area contributed by atoms with E-state index in [1.807, 2.05) is 12.1 Å². The molecule has 3 nitrogen and oxygen atoms in total. The van der Waals surface area contributed by atoms with Crippen LogP contribution in [0, 0.1) is 0 Å². The van der Waals surface area contributed by atoms with Gasteiger partial charge in [0.25, 0.3) is 0 Å². The number of pyridine rings is 1. The third kappa shape index (κ3) is 0.995. The average Bonchev–Trinajstić information content (AvgIpc) is 2.59. The van der Waals surface area contributed by atoms with Crippen LogP contribution in [-0.4, -0.2) is 15.0 Å². The molecule has 0 N–H and O–H groups in total. The van der Waals surface area contributed by atoms with Gasteiger partial charge < -0.3 is 12.6 Å². The minimum Gasteiger partial charge on any atom is -0.759 e. The summed E-state index contributed by atoms with van der Waals surface area (Å²) < 4.78 is 0.955. The molecule has 3 heterocycles. The van der Waals surface area contributed by atoms with Crippen molar-refractivity contribution in [2.75, 3.05) is 0 Å². The van der Waals surface area contributed by atoms with Gasteiger partial charge in [-0.1, -0.05) is 5.03 Å². The third-order valence-electron chi connectivity index (χ3n) is 2.00. The lowest BCUT2D eigenvalue weighted by molar-refractivity contribution is 1.12. The Balaban J connectivity index is 2.63. The fourth-order valence-electron chi connectivity index (χ4n) is 1.39. The lowest BCUT2D eigenvalue weighted by atomic mass is 10.3. The zero-order valence-electron chi connectivity index (χ0n) is 6.97. The standard InChI is InChI=1S/C9H5N3S2/c13-8-7-6(11-4-12-8)5-2-1-3-10-9(5)14-7/h1-4H,(H,11,12,13)/p-1. The quantitative estimate of drug-likeness (QED) is 0.428. The second-order valence-corrected chi connectivity index (χ2v) is 4.20. The van der Waals surface area contributed by atoms with E-state index in [0.717, 1.165) is 20.4 Å². The number of aromatic nitrogens is 3. The molecule has 0 amide bonds. The summed E-state index contributed by atoms with van der Waals surface area (Å²) in [5.74, 6) is 0. The molecule has 0 bridgehead atoms. The molecule has 3 aromatic heterocycles. The first-order chi connectivity index (χ1) is 6.86. The molecule has 0 aliphatic heterocycles. The van der Waals surface area contributed by atoms with Gasteiger partial charge in [0.05, 0.1) is 10.2 Å². The molecule has 0 fully saturated rings. The van der Waals surface area contributed by atoms with E-state index in [2.05, 4.69) is 15.0 Å². The van der Waals surface area contributed by atoms with Crippen molar-refractivity contribution in [1.82, 2.24) is 15.0 Å². The lowest BCUT2D eigenvalue weighted by Crippen LogP contribution is -1.81. The van der Waals surface area contributed by atoms with Crippen LogP contribution in [0.1, 0.15) is 0 Å². The van der Waals surface area contributed by atoms with Gasteiger partial charge in [-0.3, -0.25) is 4.98 Å². The zero-order valence-corrected chi connectivity index (χ0v) is 8.60.